The first-order chi connectivity index (χ1) is 8.77. The van der Waals surface area contributed by atoms with Crippen molar-refractivity contribution in [1.29, 1.82) is 0 Å². The molecule has 0 spiro atoms. The van der Waals surface area contributed by atoms with E-state index in [4.69, 9.17) is 0 Å². The van der Waals surface area contributed by atoms with Crippen LogP contribution in [-0.4, -0.2) is 5.11 Å². The molecule has 100 valence electrons. The fraction of sp³-hybridized carbons (Fsp3) is 0.647. The Morgan fingerprint density at radius 2 is 1.67 bits per heavy atom. The van der Waals surface area contributed by atoms with Gasteiger partial charge in [-0.1, -0.05) is 69.4 Å². The highest BCUT2D eigenvalue weighted by Crippen LogP contribution is 2.41. The molecule has 1 unspecified atom stereocenters. The Labute approximate surface area is 111 Å². The highest BCUT2D eigenvalue weighted by molar-refractivity contribution is 5.23. The molecule has 0 radical (unpaired) electrons. The SMILES string of the molecule is CCCC(O)(c1ccccc1)C1CCCCCC1. The molecule has 1 atom stereocenters. The lowest BCUT2D eigenvalue weighted by Crippen LogP contribution is -2.35. The average molecular weight is 246 g/mol. The van der Waals surface area contributed by atoms with Crippen molar-refractivity contribution in [2.75, 3.05) is 0 Å². The Morgan fingerprint density at radius 3 is 2.22 bits per heavy atom. The lowest BCUT2D eigenvalue weighted by Gasteiger charge is -2.36. The molecule has 0 saturated heterocycles. The van der Waals surface area contributed by atoms with Crippen molar-refractivity contribution < 1.29 is 5.11 Å². The maximum absolute atomic E-state index is 11.2. The number of hydrogen-bond acceptors (Lipinski definition) is 1. The Bertz CT molecular complexity index is 338. The zero-order chi connectivity index (χ0) is 12.8. The normalized spacial score (nSPS) is 21.2. The van der Waals surface area contributed by atoms with E-state index in [0.717, 1.165) is 18.4 Å². The smallest absolute Gasteiger partial charge is 0.0924 e. The second-order valence-corrected chi connectivity index (χ2v) is 5.73. The molecular formula is C17H26O. The molecule has 0 bridgehead atoms. The number of aliphatic hydroxyl groups is 1. The van der Waals surface area contributed by atoms with Gasteiger partial charge in [0.2, 0.25) is 0 Å². The second kappa shape index (κ2) is 6.38. The van der Waals surface area contributed by atoms with Gasteiger partial charge in [0, 0.05) is 0 Å². The third-order valence-corrected chi connectivity index (χ3v) is 4.44. The van der Waals surface area contributed by atoms with Crippen LogP contribution in [-0.2, 0) is 5.60 Å². The van der Waals surface area contributed by atoms with Gasteiger partial charge in [0.15, 0.2) is 0 Å². The lowest BCUT2D eigenvalue weighted by atomic mass is 9.74. The van der Waals surface area contributed by atoms with E-state index in [9.17, 15) is 5.11 Å². The van der Waals surface area contributed by atoms with Crippen molar-refractivity contribution in [1.82, 2.24) is 0 Å². The van der Waals surface area contributed by atoms with Crippen molar-refractivity contribution in [3.63, 3.8) is 0 Å². The molecule has 0 aromatic heterocycles. The van der Waals surface area contributed by atoms with E-state index < -0.39 is 5.60 Å². The highest BCUT2D eigenvalue weighted by atomic mass is 16.3. The molecule has 1 aromatic carbocycles. The van der Waals surface area contributed by atoms with Gasteiger partial charge in [-0.2, -0.15) is 0 Å². The van der Waals surface area contributed by atoms with Crippen molar-refractivity contribution in [2.45, 2.75) is 63.9 Å². The van der Waals surface area contributed by atoms with Crippen LogP contribution >= 0.6 is 0 Å². The van der Waals surface area contributed by atoms with Crippen LogP contribution in [0.15, 0.2) is 30.3 Å². The minimum atomic E-state index is -0.597. The third-order valence-electron chi connectivity index (χ3n) is 4.44. The molecule has 0 heterocycles. The zero-order valence-electron chi connectivity index (χ0n) is 11.6. The summed E-state index contributed by atoms with van der Waals surface area (Å²) in [4.78, 5) is 0. The highest BCUT2D eigenvalue weighted by Gasteiger charge is 2.37. The maximum Gasteiger partial charge on any atom is 0.0924 e. The first-order valence-electron chi connectivity index (χ1n) is 7.55. The van der Waals surface area contributed by atoms with E-state index >= 15 is 0 Å². The predicted octanol–water partition coefficient (Wildman–Crippen LogP) is 4.64. The van der Waals surface area contributed by atoms with Gasteiger partial charge in [-0.25, -0.2) is 0 Å². The molecule has 2 rings (SSSR count). The molecular weight excluding hydrogens is 220 g/mol. The van der Waals surface area contributed by atoms with Crippen molar-refractivity contribution in [3.05, 3.63) is 35.9 Å². The van der Waals surface area contributed by atoms with Crippen LogP contribution in [0.25, 0.3) is 0 Å². The summed E-state index contributed by atoms with van der Waals surface area (Å²) in [7, 11) is 0. The average Bonchev–Trinajstić information content (AvgIpc) is 2.69. The van der Waals surface area contributed by atoms with E-state index in [2.05, 4.69) is 19.1 Å². The summed E-state index contributed by atoms with van der Waals surface area (Å²) in [6.07, 6.45) is 9.55. The van der Waals surface area contributed by atoms with E-state index in [1.165, 1.54) is 38.5 Å². The third kappa shape index (κ3) is 2.95. The van der Waals surface area contributed by atoms with Crippen molar-refractivity contribution in [2.24, 2.45) is 5.92 Å². The summed E-state index contributed by atoms with van der Waals surface area (Å²) >= 11 is 0. The molecule has 1 aliphatic carbocycles. The minimum Gasteiger partial charge on any atom is -0.385 e. The van der Waals surface area contributed by atoms with Crippen LogP contribution in [0.3, 0.4) is 0 Å². The summed E-state index contributed by atoms with van der Waals surface area (Å²) in [6, 6.07) is 10.3. The number of rotatable bonds is 4. The first kappa shape index (κ1) is 13.6. The molecule has 18 heavy (non-hydrogen) atoms. The van der Waals surface area contributed by atoms with Gasteiger partial charge < -0.3 is 5.11 Å². The standard InChI is InChI=1S/C17H26O/c1-2-14-17(18,16-12-8-5-9-13-16)15-10-6-3-4-7-11-15/h5,8-9,12-13,15,18H,2-4,6-7,10-11,14H2,1H3. The van der Waals surface area contributed by atoms with Crippen LogP contribution in [0, 0.1) is 5.92 Å². The van der Waals surface area contributed by atoms with E-state index in [-0.39, 0.29) is 0 Å². The van der Waals surface area contributed by atoms with Crippen LogP contribution in [0.1, 0.15) is 63.9 Å². The van der Waals surface area contributed by atoms with Crippen LogP contribution in [0.5, 0.6) is 0 Å². The molecule has 1 N–H and O–H groups in total. The molecule has 0 aliphatic heterocycles. The van der Waals surface area contributed by atoms with Crippen molar-refractivity contribution >= 4 is 0 Å². The van der Waals surface area contributed by atoms with Gasteiger partial charge in [-0.3, -0.25) is 0 Å². The summed E-state index contributed by atoms with van der Waals surface area (Å²) in [6.45, 7) is 2.17. The number of hydrogen-bond donors (Lipinski definition) is 1. The minimum absolute atomic E-state index is 0.447. The van der Waals surface area contributed by atoms with E-state index in [0.29, 0.717) is 5.92 Å². The Morgan fingerprint density at radius 1 is 1.06 bits per heavy atom. The molecule has 1 nitrogen and oxygen atoms in total. The fourth-order valence-corrected chi connectivity index (χ4v) is 3.45. The maximum atomic E-state index is 11.2. The Balaban J connectivity index is 2.24. The topological polar surface area (TPSA) is 20.2 Å². The molecule has 1 aromatic rings. The van der Waals surface area contributed by atoms with E-state index in [1.54, 1.807) is 0 Å². The summed E-state index contributed by atoms with van der Waals surface area (Å²) < 4.78 is 0. The van der Waals surface area contributed by atoms with E-state index in [1.807, 2.05) is 18.2 Å². The molecule has 1 fully saturated rings. The monoisotopic (exact) mass is 246 g/mol. The van der Waals surface area contributed by atoms with Gasteiger partial charge >= 0.3 is 0 Å². The van der Waals surface area contributed by atoms with Gasteiger partial charge in [0.25, 0.3) is 0 Å². The van der Waals surface area contributed by atoms with Gasteiger partial charge in [-0.15, -0.1) is 0 Å². The first-order valence-corrected chi connectivity index (χ1v) is 7.55. The van der Waals surface area contributed by atoms with Gasteiger partial charge in [0.05, 0.1) is 5.60 Å². The molecule has 1 saturated carbocycles. The Kier molecular flexibility index (Phi) is 4.82. The van der Waals surface area contributed by atoms with Crippen LogP contribution in [0.4, 0.5) is 0 Å². The Hall–Kier alpha value is -0.820. The van der Waals surface area contributed by atoms with Crippen LogP contribution < -0.4 is 0 Å². The quantitative estimate of drug-likeness (QED) is 0.767. The van der Waals surface area contributed by atoms with Crippen molar-refractivity contribution in [3.8, 4) is 0 Å². The largest absolute Gasteiger partial charge is 0.385 e. The summed E-state index contributed by atoms with van der Waals surface area (Å²) in [5, 5.41) is 11.2. The predicted molar refractivity (Wildman–Crippen MR) is 76.4 cm³/mol. The van der Waals surface area contributed by atoms with Gasteiger partial charge in [0.1, 0.15) is 0 Å². The molecule has 1 aliphatic rings. The molecule has 1 heteroatoms. The van der Waals surface area contributed by atoms with Crippen LogP contribution in [0.2, 0.25) is 0 Å². The molecule has 0 amide bonds. The fourth-order valence-electron chi connectivity index (χ4n) is 3.45. The zero-order valence-corrected chi connectivity index (χ0v) is 11.6. The van der Waals surface area contributed by atoms with Gasteiger partial charge in [-0.05, 0) is 30.7 Å². The lowest BCUT2D eigenvalue weighted by molar-refractivity contribution is -0.0389. The summed E-state index contributed by atoms with van der Waals surface area (Å²) in [5.74, 6) is 0.447. The summed E-state index contributed by atoms with van der Waals surface area (Å²) in [5.41, 5.74) is 0.527. The second-order valence-electron chi connectivity index (χ2n) is 5.73. The number of benzene rings is 1.